The number of para-hydroxylation sites is 2. The van der Waals surface area contributed by atoms with Crippen LogP contribution in [0.5, 0.6) is 5.75 Å². The number of anilines is 1. The Hall–Kier alpha value is -2.98. The molecule has 1 heterocycles. The zero-order valence-corrected chi connectivity index (χ0v) is 13.4. The Labute approximate surface area is 143 Å². The van der Waals surface area contributed by atoms with Crippen LogP contribution >= 0.6 is 11.8 Å². The van der Waals surface area contributed by atoms with Crippen LogP contribution in [0.3, 0.4) is 0 Å². The molecule has 1 unspecified atom stereocenters. The number of ether oxygens (including phenoxy) is 1. The summed E-state index contributed by atoms with van der Waals surface area (Å²) in [6, 6.07) is 16.6. The third-order valence-corrected chi connectivity index (χ3v) is 4.15. The van der Waals surface area contributed by atoms with E-state index in [1.54, 1.807) is 24.3 Å². The fourth-order valence-electron chi connectivity index (χ4n) is 2.04. The smallest absolute Gasteiger partial charge is 0.250 e. The predicted octanol–water partition coefficient (Wildman–Crippen LogP) is 2.53. The summed E-state index contributed by atoms with van der Waals surface area (Å²) >= 11 is 1.34. The second-order valence-corrected chi connectivity index (χ2v) is 5.98. The molecule has 0 saturated heterocycles. The van der Waals surface area contributed by atoms with Crippen molar-refractivity contribution in [2.45, 2.75) is 5.56 Å². The molecule has 1 aliphatic heterocycles. The molecule has 0 aromatic heterocycles. The highest BCUT2D eigenvalue weighted by Crippen LogP contribution is 2.34. The lowest BCUT2D eigenvalue weighted by atomic mass is 10.2. The van der Waals surface area contributed by atoms with Gasteiger partial charge in [-0.3, -0.25) is 4.79 Å². The number of thioether (sulfide) groups is 1. The summed E-state index contributed by atoms with van der Waals surface area (Å²) in [6.07, 6.45) is 1.53. The van der Waals surface area contributed by atoms with Gasteiger partial charge in [0.1, 0.15) is 5.75 Å². The summed E-state index contributed by atoms with van der Waals surface area (Å²) in [5, 5.41) is 15.8. The maximum absolute atomic E-state index is 11.8. The maximum Gasteiger partial charge on any atom is 0.250 e. The van der Waals surface area contributed by atoms with Crippen molar-refractivity contribution in [1.29, 1.82) is 5.26 Å². The molecule has 0 radical (unpaired) electrons. The van der Waals surface area contributed by atoms with Gasteiger partial charge in [0.2, 0.25) is 11.5 Å². The van der Waals surface area contributed by atoms with Crippen LogP contribution < -0.4 is 15.5 Å². The number of nitrogens with zero attached hydrogens (tertiary/aromatic N) is 2. The first-order valence-electron chi connectivity index (χ1n) is 7.20. The van der Waals surface area contributed by atoms with Crippen LogP contribution in [0.15, 0.2) is 53.6 Å². The maximum atomic E-state index is 11.8. The van der Waals surface area contributed by atoms with Gasteiger partial charge >= 0.3 is 0 Å². The van der Waals surface area contributed by atoms with Crippen molar-refractivity contribution >= 4 is 29.6 Å². The molecule has 6 nitrogen and oxygen atoms in total. The molecule has 0 spiro atoms. The second-order valence-electron chi connectivity index (χ2n) is 4.93. The molecule has 0 fully saturated rings. The largest absolute Gasteiger partial charge is 0.459 e. The lowest BCUT2D eigenvalue weighted by molar-refractivity contribution is -0.118. The number of rotatable bonds is 5. The van der Waals surface area contributed by atoms with Gasteiger partial charge in [0.05, 0.1) is 29.3 Å². The number of carbonyl (C=O) groups excluding carboxylic acids is 1. The highest BCUT2D eigenvalue weighted by molar-refractivity contribution is 8.00. The molecule has 2 N–H and O–H groups in total. The Morgan fingerprint density at radius 3 is 2.88 bits per heavy atom. The zero-order chi connectivity index (χ0) is 16.8. The van der Waals surface area contributed by atoms with Crippen LogP contribution in [0.2, 0.25) is 0 Å². The standard InChI is InChI=1S/C17H14N4O2S/c18-9-12-5-7-13(8-6-12)10-19-21-16(22)11-24-17-20-14-3-1-2-4-15(14)23-17/h1-8,10,17,20H,11H2,(H,21,22)/b19-10+. The van der Waals surface area contributed by atoms with Gasteiger partial charge in [-0.15, -0.1) is 0 Å². The quantitative estimate of drug-likeness (QED) is 0.646. The number of fused-ring (bicyclic) bond motifs is 1. The lowest BCUT2D eigenvalue weighted by Crippen LogP contribution is -2.24. The van der Waals surface area contributed by atoms with Gasteiger partial charge in [-0.25, -0.2) is 5.43 Å². The number of nitriles is 1. The van der Waals surface area contributed by atoms with E-state index in [4.69, 9.17) is 10.00 Å². The van der Waals surface area contributed by atoms with Crippen molar-refractivity contribution < 1.29 is 9.53 Å². The van der Waals surface area contributed by atoms with Gasteiger partial charge in [-0.05, 0) is 29.8 Å². The van der Waals surface area contributed by atoms with Crippen LogP contribution in [0.25, 0.3) is 0 Å². The number of benzene rings is 2. The summed E-state index contributed by atoms with van der Waals surface area (Å²) in [6.45, 7) is 0. The molecule has 0 aliphatic carbocycles. The average molecular weight is 338 g/mol. The molecule has 0 bridgehead atoms. The molecular formula is C17H14N4O2S. The SMILES string of the molecule is N#Cc1ccc(/C=N/NC(=O)CSC2Nc3ccccc3O2)cc1. The normalized spacial score (nSPS) is 15.2. The first-order valence-corrected chi connectivity index (χ1v) is 8.25. The number of carbonyl (C=O) groups is 1. The molecule has 2 aromatic rings. The lowest BCUT2D eigenvalue weighted by Gasteiger charge is -2.09. The van der Waals surface area contributed by atoms with Gasteiger partial charge in [-0.1, -0.05) is 36.0 Å². The molecule has 1 aliphatic rings. The minimum atomic E-state index is -0.282. The Morgan fingerprint density at radius 1 is 1.33 bits per heavy atom. The second kappa shape index (κ2) is 7.53. The van der Waals surface area contributed by atoms with Crippen molar-refractivity contribution in [3.63, 3.8) is 0 Å². The van der Waals surface area contributed by atoms with E-state index in [0.717, 1.165) is 17.0 Å². The highest BCUT2D eigenvalue weighted by atomic mass is 32.2. The molecule has 0 saturated carbocycles. The highest BCUT2D eigenvalue weighted by Gasteiger charge is 2.22. The minimum Gasteiger partial charge on any atom is -0.459 e. The van der Waals surface area contributed by atoms with E-state index in [2.05, 4.69) is 15.8 Å². The average Bonchev–Trinajstić information content (AvgIpc) is 3.03. The summed E-state index contributed by atoms with van der Waals surface area (Å²) in [5.74, 6) is 0.789. The number of hydrazone groups is 1. The van der Waals surface area contributed by atoms with Crippen LogP contribution in [0, 0.1) is 11.3 Å². The Kier molecular flexibility index (Phi) is 4.99. The van der Waals surface area contributed by atoms with Gasteiger partial charge in [0, 0.05) is 0 Å². The molecule has 1 amide bonds. The van der Waals surface area contributed by atoms with Crippen LogP contribution in [-0.4, -0.2) is 23.4 Å². The number of hydrogen-bond acceptors (Lipinski definition) is 6. The van der Waals surface area contributed by atoms with E-state index in [-0.39, 0.29) is 17.2 Å². The molecule has 24 heavy (non-hydrogen) atoms. The van der Waals surface area contributed by atoms with Crippen molar-refractivity contribution in [2.24, 2.45) is 5.10 Å². The molecule has 7 heteroatoms. The fraction of sp³-hybridized carbons (Fsp3) is 0.118. The first kappa shape index (κ1) is 15.9. The summed E-state index contributed by atoms with van der Waals surface area (Å²) < 4.78 is 5.66. The van der Waals surface area contributed by atoms with Gasteiger partial charge in [-0.2, -0.15) is 10.4 Å². The Morgan fingerprint density at radius 2 is 2.12 bits per heavy atom. The molecular weight excluding hydrogens is 324 g/mol. The number of nitrogens with one attached hydrogen (secondary N) is 2. The number of amides is 1. The minimum absolute atomic E-state index is 0.216. The third-order valence-electron chi connectivity index (χ3n) is 3.20. The van der Waals surface area contributed by atoms with Crippen molar-refractivity contribution in [3.05, 3.63) is 59.7 Å². The van der Waals surface area contributed by atoms with Crippen molar-refractivity contribution in [2.75, 3.05) is 11.1 Å². The van der Waals surface area contributed by atoms with Crippen LogP contribution in [-0.2, 0) is 4.79 Å². The fourth-order valence-corrected chi connectivity index (χ4v) is 2.79. The van der Waals surface area contributed by atoms with E-state index in [9.17, 15) is 4.79 Å². The molecule has 1 atom stereocenters. The van der Waals surface area contributed by atoms with Crippen LogP contribution in [0.1, 0.15) is 11.1 Å². The Bertz CT molecular complexity index is 774. The van der Waals surface area contributed by atoms with E-state index in [1.165, 1.54) is 18.0 Å². The zero-order valence-electron chi connectivity index (χ0n) is 12.6. The first-order chi connectivity index (χ1) is 11.7. The van der Waals surface area contributed by atoms with Crippen LogP contribution in [0.4, 0.5) is 5.69 Å². The van der Waals surface area contributed by atoms with Crippen molar-refractivity contribution in [1.82, 2.24) is 5.43 Å². The molecule has 2 aromatic carbocycles. The third kappa shape index (κ3) is 4.06. The summed E-state index contributed by atoms with van der Waals surface area (Å²) in [4.78, 5) is 11.8. The van der Waals surface area contributed by atoms with Crippen molar-refractivity contribution in [3.8, 4) is 11.8 Å². The Balaban J connectivity index is 1.42. The van der Waals surface area contributed by atoms with E-state index >= 15 is 0 Å². The predicted molar refractivity (Wildman–Crippen MR) is 93.8 cm³/mol. The van der Waals surface area contributed by atoms with Gasteiger partial charge in [0.25, 0.3) is 0 Å². The van der Waals surface area contributed by atoms with E-state index < -0.39 is 0 Å². The summed E-state index contributed by atoms with van der Waals surface area (Å²) in [7, 11) is 0. The molecule has 120 valence electrons. The summed E-state index contributed by atoms with van der Waals surface area (Å²) in [5.41, 5.74) is 4.49. The van der Waals surface area contributed by atoms with Gasteiger partial charge < -0.3 is 10.1 Å². The molecule has 3 rings (SSSR count). The topological polar surface area (TPSA) is 86.5 Å². The van der Waals surface area contributed by atoms with Gasteiger partial charge in [0.15, 0.2) is 0 Å². The van der Waals surface area contributed by atoms with E-state index in [1.807, 2.05) is 30.3 Å². The monoisotopic (exact) mass is 338 g/mol. The number of hydrogen-bond donors (Lipinski definition) is 2. The van der Waals surface area contributed by atoms with E-state index in [0.29, 0.717) is 5.56 Å².